The lowest BCUT2D eigenvalue weighted by Crippen LogP contribution is -2.03. The molecule has 0 saturated carbocycles. The third-order valence-electron chi connectivity index (χ3n) is 4.93. The molecule has 130 valence electrons. The van der Waals surface area contributed by atoms with Crippen molar-refractivity contribution in [2.45, 2.75) is 12.3 Å². The Bertz CT molecular complexity index is 958. The topological polar surface area (TPSA) is 20.2 Å². The van der Waals surface area contributed by atoms with Crippen LogP contribution in [0.2, 0.25) is 5.02 Å². The van der Waals surface area contributed by atoms with Crippen LogP contribution < -0.4 is 0 Å². The summed E-state index contributed by atoms with van der Waals surface area (Å²) in [5.74, 6) is 0.164. The summed E-state index contributed by atoms with van der Waals surface area (Å²) in [6.45, 7) is 0.132. The first kappa shape index (κ1) is 17.5. The van der Waals surface area contributed by atoms with E-state index in [2.05, 4.69) is 76.6 Å². The standard InChI is InChI=1S/C23H18BrClO/c24-17-9-5-15(6-10-17)22-19-3-1-2-4-20(19)23(21(22)13-14-26)16-7-11-18(25)12-8-16/h1-12,22,26H,13-14H2. The summed E-state index contributed by atoms with van der Waals surface area (Å²) < 4.78 is 1.07. The molecule has 0 aliphatic heterocycles. The van der Waals surface area contributed by atoms with E-state index >= 15 is 0 Å². The molecule has 0 amide bonds. The average Bonchev–Trinajstić information content (AvgIpc) is 2.98. The minimum atomic E-state index is 0.132. The fourth-order valence-corrected chi connectivity index (χ4v) is 4.25. The number of rotatable bonds is 4. The molecule has 1 unspecified atom stereocenters. The Balaban J connectivity index is 1.95. The summed E-state index contributed by atoms with van der Waals surface area (Å²) in [7, 11) is 0. The highest BCUT2D eigenvalue weighted by atomic mass is 79.9. The van der Waals surface area contributed by atoms with Crippen LogP contribution in [0.15, 0.2) is 82.8 Å². The van der Waals surface area contributed by atoms with Crippen molar-refractivity contribution in [1.29, 1.82) is 0 Å². The van der Waals surface area contributed by atoms with Gasteiger partial charge in [-0.2, -0.15) is 0 Å². The molecule has 4 rings (SSSR count). The molecular formula is C23H18BrClO. The molecule has 1 atom stereocenters. The molecular weight excluding hydrogens is 408 g/mol. The third-order valence-corrected chi connectivity index (χ3v) is 5.71. The van der Waals surface area contributed by atoms with E-state index < -0.39 is 0 Å². The third kappa shape index (κ3) is 3.14. The maximum atomic E-state index is 9.76. The molecule has 0 saturated heterocycles. The Morgan fingerprint density at radius 2 is 1.58 bits per heavy atom. The van der Waals surface area contributed by atoms with Gasteiger partial charge in [0, 0.05) is 22.0 Å². The molecule has 0 radical (unpaired) electrons. The highest BCUT2D eigenvalue weighted by Crippen LogP contribution is 2.49. The van der Waals surface area contributed by atoms with Gasteiger partial charge >= 0.3 is 0 Å². The highest BCUT2D eigenvalue weighted by Gasteiger charge is 2.32. The molecule has 3 aromatic rings. The van der Waals surface area contributed by atoms with E-state index in [0.29, 0.717) is 6.42 Å². The second-order valence-electron chi connectivity index (χ2n) is 6.45. The normalized spacial score (nSPS) is 16.0. The number of fused-ring (bicyclic) bond motifs is 1. The van der Waals surface area contributed by atoms with Gasteiger partial charge in [-0.3, -0.25) is 0 Å². The summed E-state index contributed by atoms with van der Waals surface area (Å²) in [5.41, 5.74) is 7.41. The number of hydrogen-bond acceptors (Lipinski definition) is 1. The van der Waals surface area contributed by atoms with Crippen LogP contribution in [0.5, 0.6) is 0 Å². The van der Waals surface area contributed by atoms with Crippen molar-refractivity contribution >= 4 is 33.1 Å². The SMILES string of the molecule is OCCC1=C(c2ccc(Cl)cc2)c2ccccc2C1c1ccc(Br)cc1. The Labute approximate surface area is 167 Å². The molecule has 0 aromatic heterocycles. The molecule has 1 N–H and O–H groups in total. The van der Waals surface area contributed by atoms with Crippen LogP contribution in [0.1, 0.15) is 34.6 Å². The molecule has 0 bridgehead atoms. The van der Waals surface area contributed by atoms with Crippen LogP contribution in [-0.2, 0) is 0 Å². The molecule has 26 heavy (non-hydrogen) atoms. The zero-order valence-electron chi connectivity index (χ0n) is 14.1. The second-order valence-corrected chi connectivity index (χ2v) is 7.80. The first-order valence-corrected chi connectivity index (χ1v) is 9.80. The van der Waals surface area contributed by atoms with Gasteiger partial charge in [-0.05, 0) is 64.1 Å². The Morgan fingerprint density at radius 1 is 0.885 bits per heavy atom. The van der Waals surface area contributed by atoms with Gasteiger partial charge in [0.15, 0.2) is 0 Å². The van der Waals surface area contributed by atoms with Gasteiger partial charge in [0.25, 0.3) is 0 Å². The van der Waals surface area contributed by atoms with Gasteiger partial charge in [-0.15, -0.1) is 0 Å². The van der Waals surface area contributed by atoms with Crippen molar-refractivity contribution in [2.75, 3.05) is 6.61 Å². The smallest absolute Gasteiger partial charge is 0.0468 e. The summed E-state index contributed by atoms with van der Waals surface area (Å²) in [4.78, 5) is 0. The van der Waals surface area contributed by atoms with Crippen LogP contribution in [0.3, 0.4) is 0 Å². The fraction of sp³-hybridized carbons (Fsp3) is 0.130. The van der Waals surface area contributed by atoms with Crippen molar-refractivity contribution in [3.05, 3.63) is 110 Å². The van der Waals surface area contributed by atoms with Crippen LogP contribution in [0, 0.1) is 0 Å². The minimum absolute atomic E-state index is 0.132. The summed E-state index contributed by atoms with van der Waals surface area (Å²) >= 11 is 9.62. The number of aliphatic hydroxyl groups excluding tert-OH is 1. The number of halogens is 2. The van der Waals surface area contributed by atoms with Crippen molar-refractivity contribution in [3.63, 3.8) is 0 Å². The fourth-order valence-electron chi connectivity index (χ4n) is 3.86. The molecule has 1 aliphatic carbocycles. The molecule has 0 fully saturated rings. The van der Waals surface area contributed by atoms with E-state index in [1.165, 1.54) is 27.8 Å². The summed E-state index contributed by atoms with van der Waals surface area (Å²) in [6.07, 6.45) is 0.646. The van der Waals surface area contributed by atoms with Crippen LogP contribution in [0.4, 0.5) is 0 Å². The van der Waals surface area contributed by atoms with Crippen molar-refractivity contribution in [1.82, 2.24) is 0 Å². The van der Waals surface area contributed by atoms with Crippen molar-refractivity contribution in [2.24, 2.45) is 0 Å². The molecule has 1 nitrogen and oxygen atoms in total. The number of benzene rings is 3. The first-order valence-electron chi connectivity index (χ1n) is 8.63. The van der Waals surface area contributed by atoms with E-state index in [9.17, 15) is 5.11 Å². The molecule has 3 aromatic carbocycles. The average molecular weight is 426 g/mol. The van der Waals surface area contributed by atoms with E-state index in [1.807, 2.05) is 12.1 Å². The van der Waals surface area contributed by atoms with Gasteiger partial charge < -0.3 is 5.11 Å². The maximum absolute atomic E-state index is 9.76. The predicted molar refractivity (Wildman–Crippen MR) is 112 cm³/mol. The molecule has 1 aliphatic rings. The van der Waals surface area contributed by atoms with E-state index in [-0.39, 0.29) is 12.5 Å². The van der Waals surface area contributed by atoms with Gasteiger partial charge in [0.2, 0.25) is 0 Å². The Kier molecular flexibility index (Phi) is 4.99. The number of aliphatic hydroxyl groups is 1. The van der Waals surface area contributed by atoms with Gasteiger partial charge in [0.1, 0.15) is 0 Å². The lowest BCUT2D eigenvalue weighted by molar-refractivity contribution is 0.298. The summed E-state index contributed by atoms with van der Waals surface area (Å²) in [6, 6.07) is 25.0. The second kappa shape index (κ2) is 7.40. The van der Waals surface area contributed by atoms with Gasteiger partial charge in [0.05, 0.1) is 0 Å². The maximum Gasteiger partial charge on any atom is 0.0468 e. The van der Waals surface area contributed by atoms with Crippen molar-refractivity contribution < 1.29 is 5.11 Å². The highest BCUT2D eigenvalue weighted by molar-refractivity contribution is 9.10. The largest absolute Gasteiger partial charge is 0.396 e. The summed E-state index contributed by atoms with van der Waals surface area (Å²) in [5, 5.41) is 10.5. The van der Waals surface area contributed by atoms with E-state index in [1.54, 1.807) is 0 Å². The molecule has 0 heterocycles. The minimum Gasteiger partial charge on any atom is -0.396 e. The van der Waals surface area contributed by atoms with Gasteiger partial charge in [-0.25, -0.2) is 0 Å². The number of hydrogen-bond donors (Lipinski definition) is 1. The predicted octanol–water partition coefficient (Wildman–Crippen LogP) is 6.43. The Morgan fingerprint density at radius 3 is 2.27 bits per heavy atom. The van der Waals surface area contributed by atoms with Crippen LogP contribution in [-0.4, -0.2) is 11.7 Å². The Hall–Kier alpha value is -1.87. The lowest BCUT2D eigenvalue weighted by atomic mass is 9.87. The van der Waals surface area contributed by atoms with E-state index in [4.69, 9.17) is 11.6 Å². The van der Waals surface area contributed by atoms with Crippen molar-refractivity contribution in [3.8, 4) is 0 Å². The zero-order chi connectivity index (χ0) is 18.1. The quantitative estimate of drug-likeness (QED) is 0.510. The first-order chi connectivity index (χ1) is 12.7. The lowest BCUT2D eigenvalue weighted by Gasteiger charge is -2.17. The molecule has 0 spiro atoms. The van der Waals surface area contributed by atoms with Gasteiger partial charge in [-0.1, -0.05) is 76.1 Å². The zero-order valence-corrected chi connectivity index (χ0v) is 16.5. The molecule has 3 heteroatoms. The van der Waals surface area contributed by atoms with Crippen LogP contribution >= 0.6 is 27.5 Å². The van der Waals surface area contributed by atoms with E-state index in [0.717, 1.165) is 15.1 Å². The monoisotopic (exact) mass is 424 g/mol. The van der Waals surface area contributed by atoms with Crippen LogP contribution in [0.25, 0.3) is 5.57 Å².